The van der Waals surface area contributed by atoms with E-state index in [2.05, 4.69) is 10.2 Å². The number of amidine groups is 1. The Hall–Kier alpha value is -1.55. The molecule has 5 heteroatoms. The fourth-order valence-electron chi connectivity index (χ4n) is 1.32. The third-order valence-corrected chi connectivity index (χ3v) is 2.40. The minimum Gasteiger partial charge on any atom is -0.254 e. The van der Waals surface area contributed by atoms with Crippen LogP contribution in [0.3, 0.4) is 0 Å². The zero-order chi connectivity index (χ0) is 10.8. The van der Waals surface area contributed by atoms with E-state index in [9.17, 15) is 0 Å². The first-order valence-corrected chi connectivity index (χ1v) is 4.90. The summed E-state index contributed by atoms with van der Waals surface area (Å²) in [5.74, 6) is 0.741. The topological polar surface area (TPSA) is 31.2 Å². The number of hydrazone groups is 2. The highest BCUT2D eigenvalue weighted by molar-refractivity contribution is 6.34. The monoisotopic (exact) mass is 222 g/mol. The minimum absolute atomic E-state index is 0.675. The quantitative estimate of drug-likeness (QED) is 0.726. The van der Waals surface area contributed by atoms with E-state index >= 15 is 0 Å². The van der Waals surface area contributed by atoms with Crippen LogP contribution in [-0.2, 0) is 0 Å². The molecule has 1 aliphatic rings. The fraction of sp³-hybridized carbons (Fsp3) is 0.200. The van der Waals surface area contributed by atoms with Gasteiger partial charge in [0.1, 0.15) is 6.34 Å². The van der Waals surface area contributed by atoms with E-state index in [1.165, 1.54) is 0 Å². The molecular weight excluding hydrogens is 212 g/mol. The highest BCUT2D eigenvalue weighted by atomic mass is 35.5. The summed E-state index contributed by atoms with van der Waals surface area (Å²) < 4.78 is 0. The molecule has 1 aromatic rings. The smallest absolute Gasteiger partial charge is 0.177 e. The zero-order valence-electron chi connectivity index (χ0n) is 8.55. The predicted octanol–water partition coefficient (Wildman–Crippen LogP) is 1.82. The standard InChI is InChI=1S/C10H11ClN4/c1-14-7-12-15(2)10(13-14)8-5-3-4-6-9(8)11/h3-7H,1-2H3. The molecule has 78 valence electrons. The Kier molecular flexibility index (Phi) is 2.60. The van der Waals surface area contributed by atoms with E-state index in [-0.39, 0.29) is 0 Å². The molecule has 0 aromatic heterocycles. The van der Waals surface area contributed by atoms with Gasteiger partial charge in [0, 0.05) is 19.7 Å². The first-order chi connectivity index (χ1) is 7.18. The van der Waals surface area contributed by atoms with E-state index in [4.69, 9.17) is 11.6 Å². The normalized spacial score (nSPS) is 15.5. The Labute approximate surface area is 93.4 Å². The van der Waals surface area contributed by atoms with Gasteiger partial charge in [0.15, 0.2) is 5.84 Å². The molecule has 1 aliphatic heterocycles. The lowest BCUT2D eigenvalue weighted by Gasteiger charge is -2.23. The van der Waals surface area contributed by atoms with Gasteiger partial charge in [-0.1, -0.05) is 23.7 Å². The molecule has 0 fully saturated rings. The van der Waals surface area contributed by atoms with Gasteiger partial charge in [-0.2, -0.15) is 10.2 Å². The van der Waals surface area contributed by atoms with E-state index in [1.54, 1.807) is 16.4 Å². The number of rotatable bonds is 1. The van der Waals surface area contributed by atoms with Crippen molar-refractivity contribution in [3.8, 4) is 0 Å². The second-order valence-corrected chi connectivity index (χ2v) is 3.64. The lowest BCUT2D eigenvalue weighted by molar-refractivity contribution is 0.451. The third-order valence-electron chi connectivity index (χ3n) is 2.07. The van der Waals surface area contributed by atoms with Crippen molar-refractivity contribution < 1.29 is 0 Å². The molecule has 1 aromatic carbocycles. The molecule has 0 spiro atoms. The van der Waals surface area contributed by atoms with Crippen molar-refractivity contribution in [2.75, 3.05) is 14.1 Å². The first-order valence-electron chi connectivity index (χ1n) is 4.52. The average molecular weight is 223 g/mol. The average Bonchev–Trinajstić information content (AvgIpc) is 2.23. The van der Waals surface area contributed by atoms with E-state index in [1.807, 2.05) is 38.4 Å². The van der Waals surface area contributed by atoms with Crippen LogP contribution in [0.4, 0.5) is 0 Å². The SMILES string of the molecule is CN1C=NN(C)C(c2ccccc2Cl)=N1. The molecule has 2 rings (SSSR count). The minimum atomic E-state index is 0.675. The van der Waals surface area contributed by atoms with Crippen LogP contribution < -0.4 is 0 Å². The maximum atomic E-state index is 6.09. The summed E-state index contributed by atoms with van der Waals surface area (Å²) in [6.07, 6.45) is 1.64. The summed E-state index contributed by atoms with van der Waals surface area (Å²) in [5.41, 5.74) is 0.880. The number of nitrogens with zero attached hydrogens (tertiary/aromatic N) is 4. The Balaban J connectivity index is 2.43. The van der Waals surface area contributed by atoms with E-state index in [0.717, 1.165) is 11.4 Å². The van der Waals surface area contributed by atoms with Crippen molar-refractivity contribution in [2.24, 2.45) is 10.2 Å². The first kappa shape index (κ1) is 9.98. The molecular formula is C10H11ClN4. The molecule has 0 saturated carbocycles. The van der Waals surface area contributed by atoms with Crippen LogP contribution in [0.2, 0.25) is 5.02 Å². The summed E-state index contributed by atoms with van der Waals surface area (Å²) in [6, 6.07) is 7.58. The van der Waals surface area contributed by atoms with Crippen LogP contribution >= 0.6 is 11.6 Å². The lowest BCUT2D eigenvalue weighted by Crippen LogP contribution is -2.31. The summed E-state index contributed by atoms with van der Waals surface area (Å²) in [6.45, 7) is 0. The fourth-order valence-corrected chi connectivity index (χ4v) is 1.54. The van der Waals surface area contributed by atoms with Gasteiger partial charge in [-0.25, -0.2) is 5.01 Å². The molecule has 0 unspecified atom stereocenters. The van der Waals surface area contributed by atoms with Gasteiger partial charge in [0.25, 0.3) is 0 Å². The molecule has 0 amide bonds. The Bertz CT molecular complexity index is 427. The van der Waals surface area contributed by atoms with Gasteiger partial charge >= 0.3 is 0 Å². The molecule has 0 radical (unpaired) electrons. The molecule has 4 nitrogen and oxygen atoms in total. The van der Waals surface area contributed by atoms with Crippen molar-refractivity contribution in [3.05, 3.63) is 34.9 Å². The lowest BCUT2D eigenvalue weighted by atomic mass is 10.2. The summed E-state index contributed by atoms with van der Waals surface area (Å²) >= 11 is 6.09. The van der Waals surface area contributed by atoms with Crippen LogP contribution in [-0.4, -0.2) is 36.3 Å². The Morgan fingerprint density at radius 3 is 2.67 bits per heavy atom. The van der Waals surface area contributed by atoms with E-state index in [0.29, 0.717) is 5.02 Å². The number of hydrogen-bond acceptors (Lipinski definition) is 4. The number of halogens is 1. The summed E-state index contributed by atoms with van der Waals surface area (Å²) in [4.78, 5) is 0. The highest BCUT2D eigenvalue weighted by Gasteiger charge is 2.15. The predicted molar refractivity (Wildman–Crippen MR) is 62.0 cm³/mol. The molecule has 0 aliphatic carbocycles. The third kappa shape index (κ3) is 1.94. The summed E-state index contributed by atoms with van der Waals surface area (Å²) in [5, 5.41) is 12.5. The van der Waals surface area contributed by atoms with Gasteiger partial charge < -0.3 is 0 Å². The molecule has 0 N–H and O–H groups in total. The molecule has 0 atom stereocenters. The molecule has 0 saturated heterocycles. The maximum absolute atomic E-state index is 6.09. The van der Waals surface area contributed by atoms with Gasteiger partial charge in [-0.3, -0.25) is 5.01 Å². The van der Waals surface area contributed by atoms with Crippen LogP contribution in [0.5, 0.6) is 0 Å². The van der Waals surface area contributed by atoms with Crippen molar-refractivity contribution in [1.82, 2.24) is 10.0 Å². The van der Waals surface area contributed by atoms with Crippen molar-refractivity contribution in [3.63, 3.8) is 0 Å². The Morgan fingerprint density at radius 2 is 1.93 bits per heavy atom. The van der Waals surface area contributed by atoms with Gasteiger partial charge in [-0.15, -0.1) is 0 Å². The summed E-state index contributed by atoms with van der Waals surface area (Å²) in [7, 11) is 3.67. The molecule has 0 bridgehead atoms. The van der Waals surface area contributed by atoms with Crippen LogP contribution in [0.1, 0.15) is 5.56 Å². The zero-order valence-corrected chi connectivity index (χ0v) is 9.31. The van der Waals surface area contributed by atoms with Gasteiger partial charge in [-0.05, 0) is 12.1 Å². The molecule has 15 heavy (non-hydrogen) atoms. The van der Waals surface area contributed by atoms with Crippen molar-refractivity contribution in [1.29, 1.82) is 0 Å². The largest absolute Gasteiger partial charge is 0.254 e. The highest BCUT2D eigenvalue weighted by Crippen LogP contribution is 2.18. The Morgan fingerprint density at radius 1 is 1.20 bits per heavy atom. The second kappa shape index (κ2) is 3.90. The van der Waals surface area contributed by atoms with Gasteiger partial charge in [0.2, 0.25) is 0 Å². The maximum Gasteiger partial charge on any atom is 0.177 e. The van der Waals surface area contributed by atoms with Crippen molar-refractivity contribution in [2.45, 2.75) is 0 Å². The van der Waals surface area contributed by atoms with Crippen LogP contribution in [0, 0.1) is 0 Å². The van der Waals surface area contributed by atoms with E-state index < -0.39 is 0 Å². The number of benzene rings is 1. The molecule has 1 heterocycles. The van der Waals surface area contributed by atoms with Crippen LogP contribution in [0.15, 0.2) is 34.5 Å². The van der Waals surface area contributed by atoms with Crippen molar-refractivity contribution >= 4 is 23.8 Å². The second-order valence-electron chi connectivity index (χ2n) is 3.23. The van der Waals surface area contributed by atoms with Crippen LogP contribution in [0.25, 0.3) is 0 Å². The number of hydrogen-bond donors (Lipinski definition) is 0. The van der Waals surface area contributed by atoms with Gasteiger partial charge in [0.05, 0.1) is 5.02 Å².